The Bertz CT molecular complexity index is 1200. The number of rotatable bonds is 3. The fourth-order valence-corrected chi connectivity index (χ4v) is 2.95. The molecule has 0 unspecified atom stereocenters. The van der Waals surface area contributed by atoms with E-state index in [1.165, 1.54) is 0 Å². The molecule has 0 saturated heterocycles. The molecule has 3 heterocycles. The van der Waals surface area contributed by atoms with Crippen LogP contribution in [0.15, 0.2) is 47.3 Å². The van der Waals surface area contributed by atoms with Gasteiger partial charge in [-0.15, -0.1) is 0 Å². The number of aryl methyl sites for hydroxylation is 2. The van der Waals surface area contributed by atoms with E-state index in [0.29, 0.717) is 28.2 Å². The van der Waals surface area contributed by atoms with Gasteiger partial charge in [0.05, 0.1) is 29.3 Å². The number of nitrogens with zero attached hydrogens (tertiary/aromatic N) is 3. The van der Waals surface area contributed by atoms with E-state index in [1.54, 1.807) is 38.5 Å². The van der Waals surface area contributed by atoms with E-state index in [2.05, 4.69) is 26.6 Å². The van der Waals surface area contributed by atoms with Gasteiger partial charge in [0.1, 0.15) is 17.5 Å². The Morgan fingerprint density at radius 2 is 2.11 bits per heavy atom. The average Bonchev–Trinajstić information content (AvgIpc) is 3.32. The third-order valence-electron chi connectivity index (χ3n) is 4.35. The number of hydrogen-bond donors (Lipinski definition) is 2. The summed E-state index contributed by atoms with van der Waals surface area (Å²) in [4.78, 5) is 17.0. The van der Waals surface area contributed by atoms with Crippen LogP contribution < -0.4 is 5.32 Å². The van der Waals surface area contributed by atoms with Gasteiger partial charge in [0.25, 0.3) is 5.91 Å². The van der Waals surface area contributed by atoms with Crippen molar-refractivity contribution in [3.8, 4) is 17.3 Å². The molecule has 27 heavy (non-hydrogen) atoms. The third kappa shape index (κ3) is 2.93. The molecule has 0 aliphatic rings. The average molecular weight is 357 g/mol. The molecule has 7 heteroatoms. The number of hydrogen-bond acceptors (Lipinski definition) is 5. The van der Waals surface area contributed by atoms with Crippen molar-refractivity contribution in [3.05, 3.63) is 65.4 Å². The van der Waals surface area contributed by atoms with Crippen LogP contribution in [0.2, 0.25) is 0 Å². The van der Waals surface area contributed by atoms with Crippen LogP contribution in [-0.2, 0) is 0 Å². The van der Waals surface area contributed by atoms with Gasteiger partial charge in [0.15, 0.2) is 0 Å². The van der Waals surface area contributed by atoms with Crippen LogP contribution in [0.1, 0.15) is 27.3 Å². The Hall–Kier alpha value is -3.92. The topological polar surface area (TPSA) is 108 Å². The van der Waals surface area contributed by atoms with Gasteiger partial charge in [-0.25, -0.2) is 4.98 Å². The number of carbonyl (C=O) groups is 1. The maximum absolute atomic E-state index is 12.7. The molecule has 2 N–H and O–H groups in total. The summed E-state index contributed by atoms with van der Waals surface area (Å²) >= 11 is 0. The Morgan fingerprint density at radius 1 is 1.26 bits per heavy atom. The van der Waals surface area contributed by atoms with Crippen molar-refractivity contribution in [1.29, 1.82) is 5.26 Å². The van der Waals surface area contributed by atoms with Gasteiger partial charge in [-0.1, -0.05) is 0 Å². The van der Waals surface area contributed by atoms with Gasteiger partial charge in [-0.05, 0) is 49.7 Å². The number of aromatic nitrogens is 3. The number of carbonyl (C=O) groups excluding carboxylic acids is 1. The molecule has 0 spiro atoms. The van der Waals surface area contributed by atoms with Crippen LogP contribution in [0.5, 0.6) is 0 Å². The minimum absolute atomic E-state index is 0.300. The first-order valence-electron chi connectivity index (χ1n) is 8.27. The van der Waals surface area contributed by atoms with Gasteiger partial charge in [-0.3, -0.25) is 9.89 Å². The predicted molar refractivity (Wildman–Crippen MR) is 100 cm³/mol. The number of furan rings is 1. The third-order valence-corrected chi connectivity index (χ3v) is 4.35. The number of pyridine rings is 1. The Balaban J connectivity index is 1.68. The van der Waals surface area contributed by atoms with Crippen LogP contribution >= 0.6 is 0 Å². The summed E-state index contributed by atoms with van der Waals surface area (Å²) in [6.45, 7) is 3.47. The van der Waals surface area contributed by atoms with Crippen molar-refractivity contribution in [3.63, 3.8) is 0 Å². The first-order chi connectivity index (χ1) is 13.1. The van der Waals surface area contributed by atoms with Crippen LogP contribution in [0, 0.1) is 25.2 Å². The van der Waals surface area contributed by atoms with E-state index in [9.17, 15) is 4.79 Å². The highest BCUT2D eigenvalue weighted by Crippen LogP contribution is 2.29. The van der Waals surface area contributed by atoms with Crippen LogP contribution in [0.3, 0.4) is 0 Å². The number of amides is 1. The van der Waals surface area contributed by atoms with Gasteiger partial charge in [0.2, 0.25) is 0 Å². The van der Waals surface area contributed by atoms with Crippen molar-refractivity contribution >= 4 is 22.5 Å². The highest BCUT2D eigenvalue weighted by atomic mass is 16.3. The second-order valence-corrected chi connectivity index (χ2v) is 6.20. The number of benzene rings is 1. The number of nitriles is 1. The minimum Gasteiger partial charge on any atom is -0.472 e. The number of anilines is 1. The van der Waals surface area contributed by atoms with Gasteiger partial charge in [-0.2, -0.15) is 10.4 Å². The van der Waals surface area contributed by atoms with Crippen molar-refractivity contribution < 1.29 is 9.21 Å². The molecule has 0 bridgehead atoms. The molecule has 7 nitrogen and oxygen atoms in total. The maximum Gasteiger partial charge on any atom is 0.274 e. The zero-order valence-electron chi connectivity index (χ0n) is 14.7. The molecule has 1 amide bonds. The fourth-order valence-electron chi connectivity index (χ4n) is 2.95. The summed E-state index contributed by atoms with van der Waals surface area (Å²) in [5, 5.41) is 20.1. The molecule has 132 valence electrons. The zero-order valence-corrected chi connectivity index (χ0v) is 14.7. The molecular weight excluding hydrogens is 342 g/mol. The highest BCUT2D eigenvalue weighted by Gasteiger charge is 2.15. The number of H-pyrrole nitrogens is 1. The second-order valence-electron chi connectivity index (χ2n) is 6.20. The van der Waals surface area contributed by atoms with Crippen LogP contribution in [0.4, 0.5) is 5.69 Å². The lowest BCUT2D eigenvalue weighted by Crippen LogP contribution is -2.16. The van der Waals surface area contributed by atoms with E-state index in [-0.39, 0.29) is 5.91 Å². The molecular formula is C20H15N5O2. The fraction of sp³-hybridized carbons (Fsp3) is 0.100. The first-order valence-corrected chi connectivity index (χ1v) is 8.27. The molecule has 4 aromatic rings. The first kappa shape index (κ1) is 16.5. The molecule has 1 aromatic carbocycles. The van der Waals surface area contributed by atoms with Crippen molar-refractivity contribution in [2.45, 2.75) is 13.8 Å². The standard InChI is InChI=1S/C20H15N5O2/c1-11-7-14(9-21)12(2)22-18(11)20(26)23-15-3-4-17-16(8-15)19(25-24-17)13-5-6-27-10-13/h3-8,10H,1-2H3,(H,23,26)(H,24,25). The Labute approximate surface area is 154 Å². The minimum atomic E-state index is -0.326. The van der Waals surface area contributed by atoms with E-state index in [0.717, 1.165) is 22.2 Å². The Morgan fingerprint density at radius 3 is 2.85 bits per heavy atom. The molecule has 0 aliphatic carbocycles. The summed E-state index contributed by atoms with van der Waals surface area (Å²) in [5.74, 6) is -0.326. The number of nitrogens with one attached hydrogen (secondary N) is 2. The van der Waals surface area contributed by atoms with Crippen molar-refractivity contribution in [2.24, 2.45) is 0 Å². The van der Waals surface area contributed by atoms with Crippen molar-refractivity contribution in [2.75, 3.05) is 5.32 Å². The summed E-state index contributed by atoms with van der Waals surface area (Å²) in [7, 11) is 0. The lowest BCUT2D eigenvalue weighted by Gasteiger charge is -2.09. The normalized spacial score (nSPS) is 10.7. The van der Waals surface area contributed by atoms with Gasteiger partial charge < -0.3 is 9.73 Å². The largest absolute Gasteiger partial charge is 0.472 e. The molecule has 0 atom stereocenters. The quantitative estimate of drug-likeness (QED) is 0.577. The van der Waals surface area contributed by atoms with Gasteiger partial charge >= 0.3 is 0 Å². The number of fused-ring (bicyclic) bond motifs is 1. The van der Waals surface area contributed by atoms with E-state index in [4.69, 9.17) is 9.68 Å². The second kappa shape index (κ2) is 6.42. The lowest BCUT2D eigenvalue weighted by molar-refractivity contribution is 0.102. The molecule has 0 saturated carbocycles. The summed E-state index contributed by atoms with van der Waals surface area (Å²) in [6, 6.07) is 11.1. The SMILES string of the molecule is Cc1cc(C#N)c(C)nc1C(=O)Nc1ccc2[nH]nc(-c3ccoc3)c2c1. The molecule has 0 aliphatic heterocycles. The van der Waals surface area contributed by atoms with E-state index < -0.39 is 0 Å². The molecule has 0 fully saturated rings. The van der Waals surface area contributed by atoms with Gasteiger partial charge in [0, 0.05) is 16.6 Å². The maximum atomic E-state index is 12.7. The van der Waals surface area contributed by atoms with E-state index in [1.807, 2.05) is 18.2 Å². The Kier molecular flexibility index (Phi) is 3.94. The smallest absolute Gasteiger partial charge is 0.274 e. The molecule has 3 aromatic heterocycles. The summed E-state index contributed by atoms with van der Waals surface area (Å²) in [6.07, 6.45) is 3.21. The summed E-state index contributed by atoms with van der Waals surface area (Å²) in [5.41, 5.74) is 5.03. The highest BCUT2D eigenvalue weighted by molar-refractivity contribution is 6.05. The number of aromatic amines is 1. The zero-order chi connectivity index (χ0) is 19.0. The predicted octanol–water partition coefficient (Wildman–Crippen LogP) is 3.96. The molecule has 0 radical (unpaired) electrons. The van der Waals surface area contributed by atoms with Crippen molar-refractivity contribution in [1.82, 2.24) is 15.2 Å². The monoisotopic (exact) mass is 357 g/mol. The van der Waals surface area contributed by atoms with E-state index >= 15 is 0 Å². The lowest BCUT2D eigenvalue weighted by atomic mass is 10.1. The molecule has 4 rings (SSSR count). The summed E-state index contributed by atoms with van der Waals surface area (Å²) < 4.78 is 5.13. The van der Waals surface area contributed by atoms with Crippen LogP contribution in [0.25, 0.3) is 22.2 Å². The van der Waals surface area contributed by atoms with Crippen LogP contribution in [-0.4, -0.2) is 21.1 Å².